The van der Waals surface area contributed by atoms with E-state index in [1.165, 1.54) is 28.4 Å². The molecule has 137 valence electrons. The molecule has 1 aromatic carbocycles. The van der Waals surface area contributed by atoms with Crippen molar-refractivity contribution in [2.24, 2.45) is 0 Å². The van der Waals surface area contributed by atoms with Gasteiger partial charge >= 0.3 is 0 Å². The molecule has 0 aliphatic heterocycles. The number of carbonyl (C=O) groups is 1. The minimum atomic E-state index is -0.700. The quantitative estimate of drug-likeness (QED) is 0.561. The maximum atomic E-state index is 12.7. The molecule has 0 aliphatic rings. The first-order valence-corrected chi connectivity index (χ1v) is 7.67. The van der Waals surface area contributed by atoms with Crippen LogP contribution in [-0.2, 0) is 15.9 Å². The number of ether oxygens (including phenoxy) is 4. The molecule has 0 fully saturated rings. The number of hydrogen-bond acceptors (Lipinski definition) is 7. The second-order valence-electron chi connectivity index (χ2n) is 5.02. The molecule has 2 aromatic rings. The Balaban J connectivity index is 0.00000338. The Morgan fingerprint density at radius 2 is 1.73 bits per heavy atom. The molecule has 0 aliphatic carbocycles. The van der Waals surface area contributed by atoms with E-state index < -0.39 is 12.2 Å². The van der Waals surface area contributed by atoms with Gasteiger partial charge in [0.05, 0.1) is 14.2 Å². The van der Waals surface area contributed by atoms with Crippen molar-refractivity contribution in [1.29, 1.82) is 0 Å². The second-order valence-corrected chi connectivity index (χ2v) is 5.02. The van der Waals surface area contributed by atoms with Crippen LogP contribution in [0.25, 0.3) is 0 Å². The van der Waals surface area contributed by atoms with Gasteiger partial charge in [-0.25, -0.2) is 0 Å². The summed E-state index contributed by atoms with van der Waals surface area (Å²) < 4.78 is 26.2. The van der Waals surface area contributed by atoms with Gasteiger partial charge in [0.1, 0.15) is 17.1 Å². The maximum absolute atomic E-state index is 12.7. The van der Waals surface area contributed by atoms with Crippen LogP contribution in [0.1, 0.15) is 34.9 Å². The zero-order chi connectivity index (χ0) is 18.4. The van der Waals surface area contributed by atoms with Crippen molar-refractivity contribution < 1.29 is 28.3 Å². The minimum absolute atomic E-state index is 0. The number of nitrogens with zero attached hydrogens (tertiary/aromatic N) is 1. The monoisotopic (exact) mass is 373 g/mol. The van der Waals surface area contributed by atoms with Gasteiger partial charge in [0, 0.05) is 49.3 Å². The molecule has 1 amide bonds. The van der Waals surface area contributed by atoms with E-state index in [1.54, 1.807) is 18.2 Å². The molecule has 1 aromatic heterocycles. The summed E-state index contributed by atoms with van der Waals surface area (Å²) in [4.78, 5) is 12.7. The van der Waals surface area contributed by atoms with E-state index >= 15 is 0 Å². The molecule has 26 heavy (non-hydrogen) atoms. The summed E-state index contributed by atoms with van der Waals surface area (Å²) in [6.07, 6.45) is -0.130. The number of methoxy groups -OCH3 is 4. The van der Waals surface area contributed by atoms with Gasteiger partial charge < -0.3 is 28.8 Å². The Bertz CT molecular complexity index is 708. The number of anilines is 1. The topological polar surface area (TPSA) is 92.1 Å². The molecule has 0 saturated heterocycles. The van der Waals surface area contributed by atoms with E-state index in [4.69, 9.17) is 23.5 Å². The Labute approximate surface area is 174 Å². The van der Waals surface area contributed by atoms with Crippen LogP contribution in [0.3, 0.4) is 0 Å². The number of rotatable bonds is 8. The molecule has 0 atom stereocenters. The first-order chi connectivity index (χ1) is 12.1. The van der Waals surface area contributed by atoms with Crippen molar-refractivity contribution in [2.45, 2.75) is 19.6 Å². The van der Waals surface area contributed by atoms with Gasteiger partial charge in [0.15, 0.2) is 11.6 Å². The summed E-state index contributed by atoms with van der Waals surface area (Å²) in [6.45, 7) is 1.91. The number of aromatic nitrogens is 1. The molecule has 1 N–H and O–H groups in total. The third kappa shape index (κ3) is 4.57. The zero-order valence-corrected chi connectivity index (χ0v) is 17.9. The Hall–Kier alpha value is -1.58. The van der Waals surface area contributed by atoms with Gasteiger partial charge in [-0.2, -0.15) is 0 Å². The average molecular weight is 373 g/mol. The molecule has 0 unspecified atom stereocenters. The van der Waals surface area contributed by atoms with Crippen molar-refractivity contribution in [3.05, 3.63) is 35.1 Å². The third-order valence-corrected chi connectivity index (χ3v) is 3.70. The van der Waals surface area contributed by atoms with Gasteiger partial charge in [-0.3, -0.25) is 4.79 Å². The van der Waals surface area contributed by atoms with Gasteiger partial charge in [-0.15, -0.1) is 0 Å². The van der Waals surface area contributed by atoms with Crippen LogP contribution in [0.2, 0.25) is 0 Å². The summed E-state index contributed by atoms with van der Waals surface area (Å²) >= 11 is 0. The van der Waals surface area contributed by atoms with Gasteiger partial charge in [0.25, 0.3) is 5.91 Å². The van der Waals surface area contributed by atoms with Crippen LogP contribution in [0.15, 0.2) is 22.7 Å². The summed E-state index contributed by atoms with van der Waals surface area (Å²) in [7, 11) is 5.96. The molecule has 0 saturated carbocycles. The predicted octanol–water partition coefficient (Wildman–Crippen LogP) is 2.42. The van der Waals surface area contributed by atoms with Crippen LogP contribution in [-0.4, -0.2) is 69.1 Å². The van der Waals surface area contributed by atoms with Crippen molar-refractivity contribution in [1.82, 2.24) is 5.16 Å². The molecule has 8 nitrogen and oxygen atoms in total. The van der Waals surface area contributed by atoms with Gasteiger partial charge in [-0.1, -0.05) is 18.1 Å². The molecule has 0 bridgehead atoms. The molecule has 1 radical (unpaired) electrons. The summed E-state index contributed by atoms with van der Waals surface area (Å²) in [6, 6.07) is 5.10. The van der Waals surface area contributed by atoms with Gasteiger partial charge in [0.2, 0.25) is 6.29 Å². The van der Waals surface area contributed by atoms with Gasteiger partial charge in [-0.05, 0) is 18.6 Å². The summed E-state index contributed by atoms with van der Waals surface area (Å²) in [5.74, 6) is 1.08. The first kappa shape index (κ1) is 22.5. The van der Waals surface area contributed by atoms with Crippen LogP contribution >= 0.6 is 0 Å². The van der Waals surface area contributed by atoms with Crippen molar-refractivity contribution >= 4 is 41.3 Å². The largest absolute Gasteiger partial charge is 0.496 e. The molecule has 9 heteroatoms. The minimum Gasteiger partial charge on any atom is -0.496 e. The van der Waals surface area contributed by atoms with Crippen molar-refractivity contribution in [3.8, 4) is 11.5 Å². The first-order valence-electron chi connectivity index (χ1n) is 7.67. The molecule has 0 spiro atoms. The SMILES string of the molecule is CCc1c(NC(=O)c2c(OC)cccc2OC)noc1C(OC)OC.[Na]. The third-order valence-electron chi connectivity index (χ3n) is 3.70. The zero-order valence-electron chi connectivity index (χ0n) is 15.9. The van der Waals surface area contributed by atoms with Crippen LogP contribution < -0.4 is 14.8 Å². The Kier molecular flexibility index (Phi) is 9.11. The maximum Gasteiger partial charge on any atom is 0.264 e. The van der Waals surface area contributed by atoms with E-state index in [1.807, 2.05) is 6.92 Å². The van der Waals surface area contributed by atoms with Crippen LogP contribution in [0.4, 0.5) is 5.82 Å². The number of nitrogens with one attached hydrogen (secondary N) is 1. The molecular weight excluding hydrogens is 351 g/mol. The Morgan fingerprint density at radius 1 is 1.15 bits per heavy atom. The van der Waals surface area contributed by atoms with Crippen molar-refractivity contribution in [2.75, 3.05) is 33.8 Å². The van der Waals surface area contributed by atoms with Crippen LogP contribution in [0, 0.1) is 0 Å². The molecule has 2 rings (SSSR count). The fourth-order valence-electron chi connectivity index (χ4n) is 2.50. The molecule has 1 heterocycles. The average Bonchev–Trinajstić information content (AvgIpc) is 3.04. The standard InChI is InChI=1S/C17H22N2O6.Na/c1-6-10-14(17(23-4)24-5)25-19-15(10)18-16(20)13-11(21-2)8-7-9-12(13)22-3;/h7-9,17H,6H2,1-5H3,(H,18,19,20);. The van der Waals surface area contributed by atoms with Crippen LogP contribution in [0.5, 0.6) is 11.5 Å². The van der Waals surface area contributed by atoms with Crippen molar-refractivity contribution in [3.63, 3.8) is 0 Å². The summed E-state index contributed by atoms with van der Waals surface area (Å²) in [5.41, 5.74) is 0.963. The van der Waals surface area contributed by atoms with E-state index in [0.717, 1.165) is 0 Å². The number of benzene rings is 1. The number of carbonyl (C=O) groups excluding carboxylic acids is 1. The van der Waals surface area contributed by atoms with E-state index in [9.17, 15) is 4.79 Å². The summed E-state index contributed by atoms with van der Waals surface area (Å²) in [5, 5.41) is 6.67. The fraction of sp³-hybridized carbons (Fsp3) is 0.412. The smallest absolute Gasteiger partial charge is 0.264 e. The van der Waals surface area contributed by atoms with E-state index in [0.29, 0.717) is 35.1 Å². The molecular formula is C17H22N2NaO6. The van der Waals surface area contributed by atoms with E-state index in [2.05, 4.69) is 10.5 Å². The second kappa shape index (κ2) is 10.5. The number of amides is 1. The Morgan fingerprint density at radius 3 is 2.19 bits per heavy atom. The fourth-order valence-corrected chi connectivity index (χ4v) is 2.50. The predicted molar refractivity (Wildman–Crippen MR) is 95.9 cm³/mol. The number of hydrogen-bond donors (Lipinski definition) is 1. The normalized spacial score (nSPS) is 10.4. The van der Waals surface area contributed by atoms with E-state index in [-0.39, 0.29) is 35.1 Å².